The Hall–Kier alpha value is -3.12. The lowest BCUT2D eigenvalue weighted by molar-refractivity contribution is -0.145. The average molecular weight is 453 g/mol. The summed E-state index contributed by atoms with van der Waals surface area (Å²) in [6, 6.07) is 19.9. The molecule has 1 aliphatic rings. The molecule has 0 saturated heterocycles. The highest BCUT2D eigenvalue weighted by Crippen LogP contribution is 2.44. The van der Waals surface area contributed by atoms with Crippen LogP contribution in [0.3, 0.4) is 0 Å². The standard InChI is InChI=1S/C23H17BrO5/c1-27-22(25)14-10-11-15(18(24)12-14)13-28-23(26)21-16-6-2-4-8-19(16)29-20-9-5-3-7-17(20)21/h2-12,21H,13H2,1H3. The van der Waals surface area contributed by atoms with Crippen molar-refractivity contribution in [1.82, 2.24) is 0 Å². The lowest BCUT2D eigenvalue weighted by Crippen LogP contribution is -2.21. The first-order valence-electron chi connectivity index (χ1n) is 8.97. The van der Waals surface area contributed by atoms with E-state index >= 15 is 0 Å². The summed E-state index contributed by atoms with van der Waals surface area (Å²) < 4.78 is 17.0. The number of para-hydroxylation sites is 2. The number of fused-ring (bicyclic) bond motifs is 2. The fourth-order valence-corrected chi connectivity index (χ4v) is 3.80. The summed E-state index contributed by atoms with van der Waals surface area (Å²) in [6.45, 7) is 0.0720. The van der Waals surface area contributed by atoms with E-state index in [1.807, 2.05) is 48.5 Å². The molecule has 6 heteroatoms. The van der Waals surface area contributed by atoms with E-state index in [9.17, 15) is 9.59 Å². The molecule has 4 rings (SSSR count). The molecule has 0 bridgehead atoms. The van der Waals surface area contributed by atoms with Gasteiger partial charge in [-0.3, -0.25) is 4.79 Å². The maximum absolute atomic E-state index is 13.1. The van der Waals surface area contributed by atoms with Crippen LogP contribution in [-0.4, -0.2) is 19.0 Å². The van der Waals surface area contributed by atoms with Crippen molar-refractivity contribution in [2.45, 2.75) is 12.5 Å². The van der Waals surface area contributed by atoms with E-state index in [1.54, 1.807) is 18.2 Å². The van der Waals surface area contributed by atoms with Gasteiger partial charge in [-0.05, 0) is 24.3 Å². The van der Waals surface area contributed by atoms with E-state index in [0.29, 0.717) is 21.5 Å². The minimum atomic E-state index is -0.565. The zero-order valence-electron chi connectivity index (χ0n) is 15.6. The van der Waals surface area contributed by atoms with Gasteiger partial charge in [-0.25, -0.2) is 4.79 Å². The van der Waals surface area contributed by atoms with Crippen LogP contribution in [0.4, 0.5) is 0 Å². The summed E-state index contributed by atoms with van der Waals surface area (Å²) in [5, 5.41) is 0. The second-order valence-electron chi connectivity index (χ2n) is 6.52. The Bertz CT molecular complexity index is 1050. The molecule has 5 nitrogen and oxygen atoms in total. The molecule has 146 valence electrons. The van der Waals surface area contributed by atoms with Crippen LogP contribution in [0, 0.1) is 0 Å². The largest absolute Gasteiger partial charge is 0.465 e. The number of carbonyl (C=O) groups excluding carboxylic acids is 2. The smallest absolute Gasteiger partial charge is 0.337 e. The maximum Gasteiger partial charge on any atom is 0.337 e. The zero-order chi connectivity index (χ0) is 20.4. The summed E-state index contributed by atoms with van der Waals surface area (Å²) in [5.41, 5.74) is 2.72. The van der Waals surface area contributed by atoms with Crippen LogP contribution in [-0.2, 0) is 20.9 Å². The number of halogens is 1. The number of ether oxygens (including phenoxy) is 3. The Balaban J connectivity index is 1.58. The van der Waals surface area contributed by atoms with E-state index in [1.165, 1.54) is 7.11 Å². The highest BCUT2D eigenvalue weighted by atomic mass is 79.9. The predicted molar refractivity (Wildman–Crippen MR) is 110 cm³/mol. The van der Waals surface area contributed by atoms with Gasteiger partial charge < -0.3 is 14.2 Å². The predicted octanol–water partition coefficient (Wildman–Crippen LogP) is 5.22. The van der Waals surface area contributed by atoms with Crippen molar-refractivity contribution in [1.29, 1.82) is 0 Å². The van der Waals surface area contributed by atoms with Gasteiger partial charge in [0.2, 0.25) is 0 Å². The quantitative estimate of drug-likeness (QED) is 0.508. The molecule has 0 aromatic heterocycles. The SMILES string of the molecule is COC(=O)c1ccc(COC(=O)C2c3ccccc3Oc3ccccc32)c(Br)c1. The summed E-state index contributed by atoms with van der Waals surface area (Å²) in [5.74, 6) is -0.0559. The van der Waals surface area contributed by atoms with Gasteiger partial charge in [0.15, 0.2) is 0 Å². The molecule has 0 spiro atoms. The molecule has 0 atom stereocenters. The number of carbonyl (C=O) groups is 2. The molecule has 0 unspecified atom stereocenters. The molecule has 0 amide bonds. The molecule has 0 N–H and O–H groups in total. The van der Waals surface area contributed by atoms with E-state index in [4.69, 9.17) is 14.2 Å². The molecule has 29 heavy (non-hydrogen) atoms. The summed E-state index contributed by atoms with van der Waals surface area (Å²) in [4.78, 5) is 24.7. The van der Waals surface area contributed by atoms with Gasteiger partial charge in [0.1, 0.15) is 24.0 Å². The first kappa shape index (κ1) is 19.2. The van der Waals surface area contributed by atoms with Crippen molar-refractivity contribution in [2.24, 2.45) is 0 Å². The minimum Gasteiger partial charge on any atom is -0.465 e. The first-order chi connectivity index (χ1) is 14.1. The van der Waals surface area contributed by atoms with Crippen molar-refractivity contribution in [3.63, 3.8) is 0 Å². The number of rotatable bonds is 4. The monoisotopic (exact) mass is 452 g/mol. The number of hydrogen-bond donors (Lipinski definition) is 0. The van der Waals surface area contributed by atoms with Crippen molar-refractivity contribution in [3.8, 4) is 11.5 Å². The highest BCUT2D eigenvalue weighted by molar-refractivity contribution is 9.10. The summed E-state index contributed by atoms with van der Waals surface area (Å²) in [6.07, 6.45) is 0. The molecular formula is C23H17BrO5. The highest BCUT2D eigenvalue weighted by Gasteiger charge is 2.33. The van der Waals surface area contributed by atoms with Crippen molar-refractivity contribution in [2.75, 3.05) is 7.11 Å². The Labute approximate surface area is 176 Å². The Morgan fingerprint density at radius 2 is 1.59 bits per heavy atom. The molecule has 3 aromatic carbocycles. The molecule has 3 aromatic rings. The van der Waals surface area contributed by atoms with Crippen LogP contribution >= 0.6 is 15.9 Å². The lowest BCUT2D eigenvalue weighted by atomic mass is 9.88. The first-order valence-corrected chi connectivity index (χ1v) is 9.77. The number of esters is 2. The van der Waals surface area contributed by atoms with Gasteiger partial charge in [-0.15, -0.1) is 0 Å². The van der Waals surface area contributed by atoms with Crippen LogP contribution < -0.4 is 4.74 Å². The summed E-state index contributed by atoms with van der Waals surface area (Å²) in [7, 11) is 1.33. The van der Waals surface area contributed by atoms with Gasteiger partial charge >= 0.3 is 11.9 Å². The van der Waals surface area contributed by atoms with Crippen LogP contribution in [0.15, 0.2) is 71.2 Å². The van der Waals surface area contributed by atoms with Crippen molar-refractivity contribution in [3.05, 3.63) is 93.5 Å². The fraction of sp³-hybridized carbons (Fsp3) is 0.130. The maximum atomic E-state index is 13.1. The van der Waals surface area contributed by atoms with Gasteiger partial charge in [0.25, 0.3) is 0 Å². The van der Waals surface area contributed by atoms with E-state index < -0.39 is 11.9 Å². The van der Waals surface area contributed by atoms with E-state index in [2.05, 4.69) is 15.9 Å². The van der Waals surface area contributed by atoms with Crippen LogP contribution in [0.5, 0.6) is 11.5 Å². The van der Waals surface area contributed by atoms with Gasteiger partial charge in [-0.2, -0.15) is 0 Å². The molecule has 0 radical (unpaired) electrons. The van der Waals surface area contributed by atoms with Crippen LogP contribution in [0.1, 0.15) is 33.0 Å². The molecule has 1 aliphatic heterocycles. The minimum absolute atomic E-state index is 0.0720. The number of methoxy groups -OCH3 is 1. The molecule has 1 heterocycles. The van der Waals surface area contributed by atoms with Crippen LogP contribution in [0.2, 0.25) is 0 Å². The Kier molecular flexibility index (Phi) is 5.36. The van der Waals surface area contributed by atoms with Gasteiger partial charge in [-0.1, -0.05) is 58.4 Å². The molecule has 0 fully saturated rings. The lowest BCUT2D eigenvalue weighted by Gasteiger charge is -2.26. The topological polar surface area (TPSA) is 61.8 Å². The fourth-order valence-electron chi connectivity index (χ4n) is 3.31. The van der Waals surface area contributed by atoms with Crippen LogP contribution in [0.25, 0.3) is 0 Å². The van der Waals surface area contributed by atoms with E-state index in [-0.39, 0.29) is 12.6 Å². The number of benzene rings is 3. The van der Waals surface area contributed by atoms with Crippen molar-refractivity contribution < 1.29 is 23.8 Å². The summed E-state index contributed by atoms with van der Waals surface area (Å²) >= 11 is 3.42. The Morgan fingerprint density at radius 1 is 0.966 bits per heavy atom. The van der Waals surface area contributed by atoms with Gasteiger partial charge in [0, 0.05) is 21.2 Å². The second kappa shape index (κ2) is 8.09. The normalized spacial score (nSPS) is 12.3. The van der Waals surface area contributed by atoms with E-state index in [0.717, 1.165) is 16.7 Å². The molecule has 0 aliphatic carbocycles. The van der Waals surface area contributed by atoms with Gasteiger partial charge in [0.05, 0.1) is 12.7 Å². The third-order valence-corrected chi connectivity index (χ3v) is 5.50. The van der Waals surface area contributed by atoms with Crippen molar-refractivity contribution >= 4 is 27.9 Å². The third kappa shape index (κ3) is 3.76. The average Bonchev–Trinajstić information content (AvgIpc) is 2.75. The number of hydrogen-bond acceptors (Lipinski definition) is 5. The Morgan fingerprint density at radius 3 is 2.17 bits per heavy atom. The zero-order valence-corrected chi connectivity index (χ0v) is 17.1. The molecular weight excluding hydrogens is 436 g/mol. The second-order valence-corrected chi connectivity index (χ2v) is 7.37. The third-order valence-electron chi connectivity index (χ3n) is 4.76. The molecule has 0 saturated carbocycles.